The van der Waals surface area contributed by atoms with Crippen LogP contribution < -0.4 is 10.2 Å². The van der Waals surface area contributed by atoms with Crippen molar-refractivity contribution in [1.29, 1.82) is 0 Å². The van der Waals surface area contributed by atoms with Crippen molar-refractivity contribution in [2.75, 3.05) is 16.8 Å². The minimum atomic E-state index is -0.346. The second kappa shape index (κ2) is 6.83. The molecule has 2 aromatic rings. The van der Waals surface area contributed by atoms with Crippen LogP contribution in [-0.4, -0.2) is 18.4 Å². The number of amides is 2. The van der Waals surface area contributed by atoms with Gasteiger partial charge >= 0.3 is 0 Å². The summed E-state index contributed by atoms with van der Waals surface area (Å²) in [5.74, 6) is -0.603. The first-order valence-electron chi connectivity index (χ1n) is 7.99. The molecule has 0 bridgehead atoms. The molecule has 0 saturated heterocycles. The van der Waals surface area contributed by atoms with Gasteiger partial charge < -0.3 is 10.2 Å². The van der Waals surface area contributed by atoms with Crippen LogP contribution in [0.1, 0.15) is 24.5 Å². The molecular formula is C19H19FN2O2. The number of hydrogen-bond acceptors (Lipinski definition) is 2. The van der Waals surface area contributed by atoms with Crippen LogP contribution in [0.25, 0.3) is 0 Å². The van der Waals surface area contributed by atoms with Gasteiger partial charge in [-0.1, -0.05) is 24.3 Å². The lowest BCUT2D eigenvalue weighted by Crippen LogP contribution is -2.37. The highest BCUT2D eigenvalue weighted by Gasteiger charge is 2.25. The summed E-state index contributed by atoms with van der Waals surface area (Å²) in [6, 6.07) is 12.1. The van der Waals surface area contributed by atoms with Crippen LogP contribution in [0.15, 0.2) is 42.5 Å². The summed E-state index contributed by atoms with van der Waals surface area (Å²) in [4.78, 5) is 25.2. The number of carbonyl (C=O) groups is 2. The third-order valence-corrected chi connectivity index (χ3v) is 4.10. The predicted octanol–water partition coefficient (Wildman–Crippen LogP) is 3.31. The molecule has 0 unspecified atom stereocenters. The van der Waals surface area contributed by atoms with E-state index in [0.29, 0.717) is 17.9 Å². The first-order valence-corrected chi connectivity index (χ1v) is 7.99. The summed E-state index contributed by atoms with van der Waals surface area (Å²) in [6.07, 6.45) is 1.83. The van der Waals surface area contributed by atoms with Crippen molar-refractivity contribution in [3.8, 4) is 0 Å². The van der Waals surface area contributed by atoms with E-state index in [1.165, 1.54) is 13.0 Å². The topological polar surface area (TPSA) is 49.4 Å². The Kier molecular flexibility index (Phi) is 4.60. The van der Waals surface area contributed by atoms with Crippen LogP contribution >= 0.6 is 0 Å². The van der Waals surface area contributed by atoms with Crippen LogP contribution in [0.2, 0.25) is 0 Å². The molecule has 124 valence electrons. The highest BCUT2D eigenvalue weighted by atomic mass is 19.1. The normalized spacial score (nSPS) is 13.3. The fourth-order valence-corrected chi connectivity index (χ4v) is 3.03. The van der Waals surface area contributed by atoms with E-state index in [2.05, 4.69) is 5.32 Å². The maximum absolute atomic E-state index is 14.2. The molecule has 0 aromatic heterocycles. The molecule has 0 saturated carbocycles. The Labute approximate surface area is 140 Å². The number of para-hydroxylation sites is 1. The number of anilines is 2. The predicted molar refractivity (Wildman–Crippen MR) is 91.5 cm³/mol. The Morgan fingerprint density at radius 2 is 1.92 bits per heavy atom. The summed E-state index contributed by atoms with van der Waals surface area (Å²) < 4.78 is 14.2. The SMILES string of the molecule is CC(=O)Nc1ccc(CC(=O)N2CCCc3cccc(F)c32)cc1. The third-order valence-electron chi connectivity index (χ3n) is 4.10. The Morgan fingerprint density at radius 3 is 2.62 bits per heavy atom. The van der Waals surface area contributed by atoms with Crippen LogP contribution in [0.3, 0.4) is 0 Å². The summed E-state index contributed by atoms with van der Waals surface area (Å²) in [5.41, 5.74) is 2.82. The molecule has 2 aromatic carbocycles. The average Bonchev–Trinajstić information content (AvgIpc) is 2.56. The monoisotopic (exact) mass is 326 g/mol. The zero-order chi connectivity index (χ0) is 17.1. The van der Waals surface area contributed by atoms with E-state index in [1.54, 1.807) is 35.2 Å². The number of nitrogens with one attached hydrogen (secondary N) is 1. The molecule has 1 heterocycles. The lowest BCUT2D eigenvalue weighted by atomic mass is 10.0. The van der Waals surface area contributed by atoms with Gasteiger partial charge in [-0.2, -0.15) is 0 Å². The van der Waals surface area contributed by atoms with Crippen molar-refractivity contribution in [3.05, 3.63) is 59.4 Å². The molecule has 0 atom stereocenters. The van der Waals surface area contributed by atoms with E-state index in [1.807, 2.05) is 6.07 Å². The summed E-state index contributed by atoms with van der Waals surface area (Å²) >= 11 is 0. The Hall–Kier alpha value is -2.69. The van der Waals surface area contributed by atoms with E-state index in [-0.39, 0.29) is 24.1 Å². The number of aryl methyl sites for hydroxylation is 1. The van der Waals surface area contributed by atoms with Gasteiger partial charge in [0.15, 0.2) is 0 Å². The van der Waals surface area contributed by atoms with Crippen molar-refractivity contribution >= 4 is 23.2 Å². The minimum absolute atomic E-state index is 0.117. The van der Waals surface area contributed by atoms with Crippen molar-refractivity contribution in [3.63, 3.8) is 0 Å². The number of halogens is 1. The van der Waals surface area contributed by atoms with E-state index in [0.717, 1.165) is 24.0 Å². The van der Waals surface area contributed by atoms with Gasteiger partial charge in [0.1, 0.15) is 5.82 Å². The molecule has 0 fully saturated rings. The zero-order valence-corrected chi connectivity index (χ0v) is 13.5. The number of rotatable bonds is 3. The Balaban J connectivity index is 1.76. The second-order valence-corrected chi connectivity index (χ2v) is 5.95. The van der Waals surface area contributed by atoms with Gasteiger partial charge in [0, 0.05) is 19.2 Å². The quantitative estimate of drug-likeness (QED) is 0.941. The van der Waals surface area contributed by atoms with E-state index in [9.17, 15) is 14.0 Å². The molecule has 1 aliphatic heterocycles. The molecule has 2 amide bonds. The number of carbonyl (C=O) groups excluding carboxylic acids is 2. The van der Waals surface area contributed by atoms with Crippen LogP contribution in [0.4, 0.5) is 15.8 Å². The minimum Gasteiger partial charge on any atom is -0.326 e. The van der Waals surface area contributed by atoms with Crippen LogP contribution in [0.5, 0.6) is 0 Å². The smallest absolute Gasteiger partial charge is 0.231 e. The third kappa shape index (κ3) is 3.45. The molecular weight excluding hydrogens is 307 g/mol. The number of fused-ring (bicyclic) bond motifs is 1. The lowest BCUT2D eigenvalue weighted by Gasteiger charge is -2.30. The van der Waals surface area contributed by atoms with E-state index >= 15 is 0 Å². The highest BCUT2D eigenvalue weighted by molar-refractivity contribution is 5.96. The van der Waals surface area contributed by atoms with Gasteiger partial charge in [-0.3, -0.25) is 9.59 Å². The molecule has 1 N–H and O–H groups in total. The maximum Gasteiger partial charge on any atom is 0.231 e. The molecule has 1 aliphatic rings. The Bertz CT molecular complexity index is 771. The van der Waals surface area contributed by atoms with Crippen LogP contribution in [-0.2, 0) is 22.4 Å². The van der Waals surface area contributed by atoms with Crippen LogP contribution in [0, 0.1) is 5.82 Å². The van der Waals surface area contributed by atoms with Crippen molar-refractivity contribution in [2.24, 2.45) is 0 Å². The second-order valence-electron chi connectivity index (χ2n) is 5.95. The molecule has 0 aliphatic carbocycles. The highest BCUT2D eigenvalue weighted by Crippen LogP contribution is 2.30. The van der Waals surface area contributed by atoms with Gasteiger partial charge in [0.25, 0.3) is 0 Å². The zero-order valence-electron chi connectivity index (χ0n) is 13.5. The first kappa shape index (κ1) is 16.2. The largest absolute Gasteiger partial charge is 0.326 e. The molecule has 5 heteroatoms. The van der Waals surface area contributed by atoms with Gasteiger partial charge in [-0.05, 0) is 42.2 Å². The molecule has 0 spiro atoms. The summed E-state index contributed by atoms with van der Waals surface area (Å²) in [7, 11) is 0. The molecule has 4 nitrogen and oxygen atoms in total. The fraction of sp³-hybridized carbons (Fsp3) is 0.263. The van der Waals surface area contributed by atoms with Gasteiger partial charge in [-0.25, -0.2) is 4.39 Å². The van der Waals surface area contributed by atoms with E-state index < -0.39 is 0 Å². The number of benzene rings is 2. The molecule has 0 radical (unpaired) electrons. The molecule has 24 heavy (non-hydrogen) atoms. The molecule has 3 rings (SSSR count). The van der Waals surface area contributed by atoms with Gasteiger partial charge in [0.05, 0.1) is 12.1 Å². The summed E-state index contributed by atoms with van der Waals surface area (Å²) in [5, 5.41) is 2.69. The lowest BCUT2D eigenvalue weighted by molar-refractivity contribution is -0.118. The van der Waals surface area contributed by atoms with Crippen molar-refractivity contribution in [1.82, 2.24) is 0 Å². The number of nitrogens with zero attached hydrogens (tertiary/aromatic N) is 1. The Morgan fingerprint density at radius 1 is 1.17 bits per heavy atom. The van der Waals surface area contributed by atoms with Crippen molar-refractivity contribution < 1.29 is 14.0 Å². The van der Waals surface area contributed by atoms with Crippen molar-refractivity contribution in [2.45, 2.75) is 26.2 Å². The van der Waals surface area contributed by atoms with E-state index in [4.69, 9.17) is 0 Å². The summed E-state index contributed by atoms with van der Waals surface area (Å²) in [6.45, 7) is 1.98. The fourth-order valence-electron chi connectivity index (χ4n) is 3.03. The van der Waals surface area contributed by atoms with Gasteiger partial charge in [0.2, 0.25) is 11.8 Å². The average molecular weight is 326 g/mol. The number of hydrogen-bond donors (Lipinski definition) is 1. The maximum atomic E-state index is 14.2. The standard InChI is InChI=1S/C19H19FN2O2/c1-13(23)21-16-9-7-14(8-10-16)12-18(24)22-11-3-5-15-4-2-6-17(20)19(15)22/h2,4,6-10H,3,5,11-12H2,1H3,(H,21,23). The first-order chi connectivity index (χ1) is 11.5. The van der Waals surface area contributed by atoms with Gasteiger partial charge in [-0.15, -0.1) is 0 Å².